The molecule has 5 heteroatoms. The molecule has 1 atom stereocenters. The highest BCUT2D eigenvalue weighted by Gasteiger charge is 2.44. The van der Waals surface area contributed by atoms with Crippen LogP contribution in [0.2, 0.25) is 0 Å². The van der Waals surface area contributed by atoms with E-state index in [1.165, 1.54) is 6.07 Å². The summed E-state index contributed by atoms with van der Waals surface area (Å²) in [5, 5.41) is 3.43. The number of benzene rings is 1. The Balaban J connectivity index is 2.19. The molecule has 3 N–H and O–H groups in total. The number of hydrogen-bond donors (Lipinski definition) is 2. The molecule has 0 saturated heterocycles. The second-order valence-corrected chi connectivity index (χ2v) is 5.68. The Morgan fingerprint density at radius 3 is 2.78 bits per heavy atom. The van der Waals surface area contributed by atoms with Crippen LogP contribution in [0, 0.1) is 11.7 Å². The van der Waals surface area contributed by atoms with Crippen molar-refractivity contribution in [1.29, 1.82) is 0 Å². The van der Waals surface area contributed by atoms with Crippen LogP contribution >= 0.6 is 15.9 Å². The SMILES string of the molecule is COCC(CN)(Nc1ccc(F)c(Br)c1)C1CC1. The van der Waals surface area contributed by atoms with Crippen LogP contribution in [0.5, 0.6) is 0 Å². The monoisotopic (exact) mass is 316 g/mol. The molecular formula is C13H18BrFN2O. The van der Waals surface area contributed by atoms with Gasteiger partial charge in [-0.15, -0.1) is 0 Å². The summed E-state index contributed by atoms with van der Waals surface area (Å²) in [7, 11) is 1.68. The summed E-state index contributed by atoms with van der Waals surface area (Å²) in [6.07, 6.45) is 2.33. The number of ether oxygens (including phenoxy) is 1. The fourth-order valence-corrected chi connectivity index (χ4v) is 2.67. The molecule has 1 saturated carbocycles. The molecule has 0 amide bonds. The summed E-state index contributed by atoms with van der Waals surface area (Å²) in [6, 6.07) is 4.90. The maximum Gasteiger partial charge on any atom is 0.137 e. The van der Waals surface area contributed by atoms with Gasteiger partial charge in [0.05, 0.1) is 16.6 Å². The number of nitrogens with one attached hydrogen (secondary N) is 1. The van der Waals surface area contributed by atoms with Gasteiger partial charge in [0.25, 0.3) is 0 Å². The third kappa shape index (κ3) is 2.84. The van der Waals surface area contributed by atoms with Gasteiger partial charge >= 0.3 is 0 Å². The van der Waals surface area contributed by atoms with Gasteiger partial charge in [-0.1, -0.05) is 0 Å². The number of nitrogens with two attached hydrogens (primary N) is 1. The summed E-state index contributed by atoms with van der Waals surface area (Å²) in [6.45, 7) is 1.06. The average Bonchev–Trinajstić information content (AvgIpc) is 3.17. The van der Waals surface area contributed by atoms with E-state index < -0.39 is 0 Å². The molecule has 18 heavy (non-hydrogen) atoms. The van der Waals surface area contributed by atoms with Gasteiger partial charge in [-0.25, -0.2) is 4.39 Å². The fourth-order valence-electron chi connectivity index (χ4n) is 2.29. The van der Waals surface area contributed by atoms with E-state index in [9.17, 15) is 4.39 Å². The molecule has 2 rings (SSSR count). The molecule has 0 heterocycles. The van der Waals surface area contributed by atoms with E-state index in [-0.39, 0.29) is 11.4 Å². The van der Waals surface area contributed by atoms with E-state index in [1.807, 2.05) is 0 Å². The van der Waals surface area contributed by atoms with Crippen molar-refractivity contribution in [1.82, 2.24) is 0 Å². The molecule has 0 bridgehead atoms. The highest BCUT2D eigenvalue weighted by Crippen LogP contribution is 2.41. The van der Waals surface area contributed by atoms with Crippen molar-refractivity contribution in [3.8, 4) is 0 Å². The van der Waals surface area contributed by atoms with Gasteiger partial charge in [0, 0.05) is 19.3 Å². The molecule has 100 valence electrons. The van der Waals surface area contributed by atoms with Crippen LogP contribution in [0.3, 0.4) is 0 Å². The molecular weight excluding hydrogens is 299 g/mol. The lowest BCUT2D eigenvalue weighted by Gasteiger charge is -2.34. The Hall–Kier alpha value is -0.650. The van der Waals surface area contributed by atoms with E-state index in [0.29, 0.717) is 23.5 Å². The highest BCUT2D eigenvalue weighted by molar-refractivity contribution is 9.10. The molecule has 1 aromatic carbocycles. The molecule has 0 spiro atoms. The molecule has 1 fully saturated rings. The second kappa shape index (κ2) is 5.55. The Kier molecular flexibility index (Phi) is 4.25. The average molecular weight is 317 g/mol. The van der Waals surface area contributed by atoms with Gasteiger partial charge in [0.2, 0.25) is 0 Å². The molecule has 1 aromatic rings. The highest BCUT2D eigenvalue weighted by atomic mass is 79.9. The van der Waals surface area contributed by atoms with Crippen LogP contribution in [0.15, 0.2) is 22.7 Å². The van der Waals surface area contributed by atoms with Crippen molar-refractivity contribution in [2.45, 2.75) is 18.4 Å². The quantitative estimate of drug-likeness (QED) is 0.848. The summed E-state index contributed by atoms with van der Waals surface area (Å²) < 4.78 is 19.0. The van der Waals surface area contributed by atoms with Crippen LogP contribution in [-0.4, -0.2) is 25.8 Å². The lowest BCUT2D eigenvalue weighted by Crippen LogP contribution is -2.51. The zero-order valence-electron chi connectivity index (χ0n) is 10.4. The molecule has 0 aliphatic heterocycles. The number of methoxy groups -OCH3 is 1. The zero-order chi connectivity index (χ0) is 13.2. The molecule has 1 aliphatic carbocycles. The first-order valence-electron chi connectivity index (χ1n) is 6.03. The van der Waals surface area contributed by atoms with E-state index in [0.717, 1.165) is 18.5 Å². The Morgan fingerprint density at radius 2 is 2.28 bits per heavy atom. The first-order valence-corrected chi connectivity index (χ1v) is 6.83. The van der Waals surface area contributed by atoms with Crippen molar-refractivity contribution in [3.05, 3.63) is 28.5 Å². The predicted octanol–water partition coefficient (Wildman–Crippen LogP) is 2.75. The minimum atomic E-state index is -0.267. The van der Waals surface area contributed by atoms with Crippen LogP contribution in [0.1, 0.15) is 12.8 Å². The van der Waals surface area contributed by atoms with Crippen molar-refractivity contribution in [2.75, 3.05) is 25.6 Å². The standard InChI is InChI=1S/C13H18BrFN2O/c1-18-8-13(7-16,9-2-3-9)17-10-4-5-12(15)11(14)6-10/h4-6,9,17H,2-3,7-8,16H2,1H3. The summed E-state index contributed by atoms with van der Waals surface area (Å²) in [4.78, 5) is 0. The maximum atomic E-state index is 13.2. The van der Waals surface area contributed by atoms with E-state index in [2.05, 4.69) is 21.2 Å². The van der Waals surface area contributed by atoms with Gasteiger partial charge in [-0.05, 0) is 52.9 Å². The van der Waals surface area contributed by atoms with E-state index >= 15 is 0 Å². The maximum absolute atomic E-state index is 13.2. The first-order chi connectivity index (χ1) is 8.61. The van der Waals surface area contributed by atoms with Gasteiger partial charge in [0.1, 0.15) is 5.82 Å². The minimum absolute atomic E-state index is 0.244. The van der Waals surface area contributed by atoms with Crippen LogP contribution in [0.25, 0.3) is 0 Å². The van der Waals surface area contributed by atoms with E-state index in [4.69, 9.17) is 10.5 Å². The first kappa shape index (κ1) is 13.8. The Bertz CT molecular complexity index is 425. The summed E-state index contributed by atoms with van der Waals surface area (Å²) in [5.41, 5.74) is 6.54. The number of anilines is 1. The fraction of sp³-hybridized carbons (Fsp3) is 0.538. The van der Waals surface area contributed by atoms with Gasteiger partial charge < -0.3 is 15.8 Å². The van der Waals surface area contributed by atoms with Crippen LogP contribution in [0.4, 0.5) is 10.1 Å². The third-order valence-electron chi connectivity index (χ3n) is 3.44. The van der Waals surface area contributed by atoms with Crippen molar-refractivity contribution in [3.63, 3.8) is 0 Å². The summed E-state index contributed by atoms with van der Waals surface area (Å²) in [5.74, 6) is 0.267. The van der Waals surface area contributed by atoms with E-state index in [1.54, 1.807) is 19.2 Å². The molecule has 3 nitrogen and oxygen atoms in total. The predicted molar refractivity (Wildman–Crippen MR) is 74.1 cm³/mol. The van der Waals surface area contributed by atoms with Crippen molar-refractivity contribution >= 4 is 21.6 Å². The Labute approximate surface area is 115 Å². The normalized spacial score (nSPS) is 18.4. The second-order valence-electron chi connectivity index (χ2n) is 4.82. The lowest BCUT2D eigenvalue weighted by molar-refractivity contribution is 0.134. The molecule has 0 aromatic heterocycles. The number of hydrogen-bond acceptors (Lipinski definition) is 3. The van der Waals surface area contributed by atoms with Crippen molar-refractivity contribution < 1.29 is 9.13 Å². The van der Waals surface area contributed by atoms with Gasteiger partial charge in [-0.2, -0.15) is 0 Å². The largest absolute Gasteiger partial charge is 0.382 e. The molecule has 1 unspecified atom stereocenters. The smallest absolute Gasteiger partial charge is 0.137 e. The zero-order valence-corrected chi connectivity index (χ0v) is 12.0. The van der Waals surface area contributed by atoms with Crippen LogP contribution in [-0.2, 0) is 4.74 Å². The van der Waals surface area contributed by atoms with Gasteiger partial charge in [0.15, 0.2) is 0 Å². The topological polar surface area (TPSA) is 47.3 Å². The number of halogens is 2. The van der Waals surface area contributed by atoms with Crippen LogP contribution < -0.4 is 11.1 Å². The third-order valence-corrected chi connectivity index (χ3v) is 4.05. The van der Waals surface area contributed by atoms with Crippen molar-refractivity contribution in [2.24, 2.45) is 11.7 Å². The number of rotatable bonds is 6. The minimum Gasteiger partial charge on any atom is -0.382 e. The Morgan fingerprint density at radius 1 is 1.56 bits per heavy atom. The molecule has 1 aliphatic rings. The molecule has 0 radical (unpaired) electrons. The lowest BCUT2D eigenvalue weighted by atomic mass is 9.93. The summed E-state index contributed by atoms with van der Waals surface area (Å²) >= 11 is 3.19. The van der Waals surface area contributed by atoms with Gasteiger partial charge in [-0.3, -0.25) is 0 Å².